The lowest BCUT2D eigenvalue weighted by atomic mass is 9.85. The molecule has 0 spiro atoms. The van der Waals surface area contributed by atoms with Crippen LogP contribution in [0.3, 0.4) is 0 Å². The number of carbonyl (C=O) groups is 1. The summed E-state index contributed by atoms with van der Waals surface area (Å²) >= 11 is 0. The Bertz CT molecular complexity index is 504. The number of nitrogens with one attached hydrogen (secondary N) is 1. The van der Waals surface area contributed by atoms with Crippen molar-refractivity contribution < 1.29 is 4.79 Å². The number of benzene rings is 1. The van der Waals surface area contributed by atoms with Gasteiger partial charge < -0.3 is 10.2 Å². The van der Waals surface area contributed by atoms with E-state index in [1.165, 1.54) is 11.1 Å². The van der Waals surface area contributed by atoms with E-state index in [4.69, 9.17) is 0 Å². The molecule has 2 aliphatic rings. The number of nitrogens with zero attached hydrogens (tertiary/aromatic N) is 1. The van der Waals surface area contributed by atoms with Crippen LogP contribution in [-0.2, 0) is 11.3 Å². The van der Waals surface area contributed by atoms with Gasteiger partial charge in [-0.15, -0.1) is 0 Å². The summed E-state index contributed by atoms with van der Waals surface area (Å²) in [5.74, 6) is 1.84. The van der Waals surface area contributed by atoms with E-state index in [9.17, 15) is 4.79 Å². The number of hydrogen-bond acceptors (Lipinski definition) is 2. The Hall–Kier alpha value is -1.35. The number of hydrogen-bond donors (Lipinski definition) is 1. The average molecular weight is 286 g/mol. The first kappa shape index (κ1) is 14.6. The zero-order valence-electron chi connectivity index (χ0n) is 13.1. The Kier molecular flexibility index (Phi) is 4.29. The zero-order chi connectivity index (χ0) is 14.8. The predicted octanol–water partition coefficient (Wildman–Crippen LogP) is 2.77. The Balaban J connectivity index is 1.70. The van der Waals surface area contributed by atoms with Crippen molar-refractivity contribution >= 4 is 5.91 Å². The van der Waals surface area contributed by atoms with E-state index in [0.29, 0.717) is 5.91 Å². The second-order valence-corrected chi connectivity index (χ2v) is 6.79. The summed E-state index contributed by atoms with van der Waals surface area (Å²) < 4.78 is 0. The van der Waals surface area contributed by atoms with E-state index in [1.807, 2.05) is 0 Å². The van der Waals surface area contributed by atoms with Crippen molar-refractivity contribution in [2.75, 3.05) is 19.6 Å². The van der Waals surface area contributed by atoms with Crippen molar-refractivity contribution in [3.8, 4) is 0 Å². The maximum atomic E-state index is 12.9. The smallest absolute Gasteiger partial charge is 0.231 e. The summed E-state index contributed by atoms with van der Waals surface area (Å²) in [5, 5.41) is 3.39. The second kappa shape index (κ2) is 6.18. The maximum Gasteiger partial charge on any atom is 0.231 e. The van der Waals surface area contributed by atoms with Crippen molar-refractivity contribution in [3.05, 3.63) is 35.4 Å². The van der Waals surface area contributed by atoms with Crippen LogP contribution in [0.2, 0.25) is 0 Å². The molecule has 3 nitrogen and oxygen atoms in total. The molecule has 2 heterocycles. The van der Waals surface area contributed by atoms with Crippen LogP contribution >= 0.6 is 0 Å². The molecule has 1 unspecified atom stereocenters. The van der Waals surface area contributed by atoms with Crippen molar-refractivity contribution in [2.45, 2.75) is 39.2 Å². The molecule has 3 heteroatoms. The van der Waals surface area contributed by atoms with Gasteiger partial charge in [0.25, 0.3) is 0 Å². The third-order valence-electron chi connectivity index (χ3n) is 5.19. The zero-order valence-corrected chi connectivity index (χ0v) is 13.1. The molecule has 1 N–H and O–H groups in total. The van der Waals surface area contributed by atoms with Crippen LogP contribution < -0.4 is 5.32 Å². The molecule has 0 aliphatic carbocycles. The van der Waals surface area contributed by atoms with Gasteiger partial charge in [0.05, 0.1) is 5.92 Å². The van der Waals surface area contributed by atoms with E-state index in [2.05, 4.69) is 48.3 Å². The SMILES string of the molecule is CC(C)C1CCN(C(=O)C2CNCc3ccccc32)CC1. The molecule has 1 atom stereocenters. The summed E-state index contributed by atoms with van der Waals surface area (Å²) in [5.41, 5.74) is 2.51. The molecular formula is C18H26N2O. The minimum absolute atomic E-state index is 0.00514. The van der Waals surface area contributed by atoms with Crippen molar-refractivity contribution in [1.82, 2.24) is 10.2 Å². The first-order chi connectivity index (χ1) is 10.2. The van der Waals surface area contributed by atoms with Gasteiger partial charge in [0, 0.05) is 26.2 Å². The molecule has 3 rings (SSSR count). The molecule has 114 valence electrons. The van der Waals surface area contributed by atoms with E-state index >= 15 is 0 Å². The highest BCUT2D eigenvalue weighted by Crippen LogP contribution is 2.29. The second-order valence-electron chi connectivity index (χ2n) is 6.79. The van der Waals surface area contributed by atoms with Crippen LogP contribution in [0.4, 0.5) is 0 Å². The maximum absolute atomic E-state index is 12.9. The summed E-state index contributed by atoms with van der Waals surface area (Å²) in [6.45, 7) is 8.11. The van der Waals surface area contributed by atoms with Crippen molar-refractivity contribution in [3.63, 3.8) is 0 Å². The highest BCUT2D eigenvalue weighted by Gasteiger charge is 2.32. The first-order valence-corrected chi connectivity index (χ1v) is 8.24. The molecule has 1 aromatic rings. The predicted molar refractivity (Wildman–Crippen MR) is 85.0 cm³/mol. The van der Waals surface area contributed by atoms with Gasteiger partial charge in [0.1, 0.15) is 0 Å². The van der Waals surface area contributed by atoms with Crippen LogP contribution in [0.15, 0.2) is 24.3 Å². The van der Waals surface area contributed by atoms with Crippen molar-refractivity contribution in [1.29, 1.82) is 0 Å². The van der Waals surface area contributed by atoms with E-state index in [0.717, 1.165) is 50.9 Å². The van der Waals surface area contributed by atoms with Gasteiger partial charge in [-0.25, -0.2) is 0 Å². The van der Waals surface area contributed by atoms with Gasteiger partial charge in [0.2, 0.25) is 5.91 Å². The number of carbonyl (C=O) groups excluding carboxylic acids is 1. The fraction of sp³-hybridized carbons (Fsp3) is 0.611. The summed E-state index contributed by atoms with van der Waals surface area (Å²) in [6, 6.07) is 8.36. The van der Waals surface area contributed by atoms with Crippen LogP contribution in [-0.4, -0.2) is 30.4 Å². The Morgan fingerprint density at radius 1 is 1.24 bits per heavy atom. The molecule has 0 aromatic heterocycles. The van der Waals surface area contributed by atoms with Crippen LogP contribution in [0, 0.1) is 11.8 Å². The average Bonchev–Trinajstić information content (AvgIpc) is 2.53. The summed E-state index contributed by atoms with van der Waals surface area (Å²) in [7, 11) is 0. The molecule has 2 aliphatic heterocycles. The number of likely N-dealkylation sites (tertiary alicyclic amines) is 1. The minimum atomic E-state index is 0.00514. The first-order valence-electron chi connectivity index (χ1n) is 8.24. The van der Waals surface area contributed by atoms with Crippen molar-refractivity contribution in [2.24, 2.45) is 11.8 Å². The lowest BCUT2D eigenvalue weighted by molar-refractivity contribution is -0.134. The van der Waals surface area contributed by atoms with E-state index in [-0.39, 0.29) is 5.92 Å². The molecule has 1 amide bonds. The quantitative estimate of drug-likeness (QED) is 0.906. The Labute approximate surface area is 127 Å². The molecule has 0 bridgehead atoms. The fourth-order valence-electron chi connectivity index (χ4n) is 3.72. The number of fused-ring (bicyclic) bond motifs is 1. The molecular weight excluding hydrogens is 260 g/mol. The largest absolute Gasteiger partial charge is 0.342 e. The summed E-state index contributed by atoms with van der Waals surface area (Å²) in [6.07, 6.45) is 2.32. The number of rotatable bonds is 2. The van der Waals surface area contributed by atoms with Gasteiger partial charge in [-0.2, -0.15) is 0 Å². The molecule has 0 saturated carbocycles. The molecule has 1 saturated heterocycles. The molecule has 1 fully saturated rings. The monoisotopic (exact) mass is 286 g/mol. The third kappa shape index (κ3) is 2.98. The van der Waals surface area contributed by atoms with Gasteiger partial charge in [0.15, 0.2) is 0 Å². The minimum Gasteiger partial charge on any atom is -0.342 e. The topological polar surface area (TPSA) is 32.3 Å². The highest BCUT2D eigenvalue weighted by molar-refractivity contribution is 5.84. The van der Waals surface area contributed by atoms with E-state index in [1.54, 1.807) is 0 Å². The van der Waals surface area contributed by atoms with Crippen LogP contribution in [0.1, 0.15) is 43.7 Å². The standard InChI is InChI=1S/C18H26N2O/c1-13(2)14-7-9-20(10-8-14)18(21)17-12-19-11-15-5-3-4-6-16(15)17/h3-6,13-14,17,19H,7-12H2,1-2H3. The van der Waals surface area contributed by atoms with E-state index < -0.39 is 0 Å². The highest BCUT2D eigenvalue weighted by atomic mass is 16.2. The van der Waals surface area contributed by atoms with Gasteiger partial charge in [-0.3, -0.25) is 4.79 Å². The van der Waals surface area contributed by atoms with Gasteiger partial charge in [-0.1, -0.05) is 38.1 Å². The lowest BCUT2D eigenvalue weighted by Gasteiger charge is -2.37. The molecule has 0 radical (unpaired) electrons. The normalized spacial score (nSPS) is 23.2. The third-order valence-corrected chi connectivity index (χ3v) is 5.19. The lowest BCUT2D eigenvalue weighted by Crippen LogP contribution is -2.45. The Morgan fingerprint density at radius 2 is 1.95 bits per heavy atom. The molecule has 1 aromatic carbocycles. The number of amides is 1. The number of piperidine rings is 1. The van der Waals surface area contributed by atoms with Crippen LogP contribution in [0.25, 0.3) is 0 Å². The van der Waals surface area contributed by atoms with Crippen LogP contribution in [0.5, 0.6) is 0 Å². The fourth-order valence-corrected chi connectivity index (χ4v) is 3.72. The molecule has 21 heavy (non-hydrogen) atoms. The summed E-state index contributed by atoms with van der Waals surface area (Å²) in [4.78, 5) is 15.0. The van der Waals surface area contributed by atoms with Gasteiger partial charge >= 0.3 is 0 Å². The van der Waals surface area contributed by atoms with Gasteiger partial charge in [-0.05, 0) is 35.8 Å². The Morgan fingerprint density at radius 3 is 2.67 bits per heavy atom.